The third-order valence-electron chi connectivity index (χ3n) is 6.11. The number of hydrogen-bond donors (Lipinski definition) is 0. The lowest BCUT2D eigenvalue weighted by molar-refractivity contribution is -0.137. The molecule has 0 unspecified atom stereocenters. The summed E-state index contributed by atoms with van der Waals surface area (Å²) < 4.78 is 65.7. The lowest BCUT2D eigenvalue weighted by Gasteiger charge is -2.12. The van der Waals surface area contributed by atoms with Crippen LogP contribution in [0.4, 0.5) is 17.6 Å². The minimum absolute atomic E-state index is 0.00561. The number of rotatable bonds is 3. The smallest absolute Gasteiger partial charge is 0.416 e. The van der Waals surface area contributed by atoms with Gasteiger partial charge in [0.05, 0.1) is 18.7 Å². The van der Waals surface area contributed by atoms with E-state index in [-0.39, 0.29) is 35.1 Å². The number of halogens is 4. The fourth-order valence-electron chi connectivity index (χ4n) is 4.37. The highest BCUT2D eigenvalue weighted by Gasteiger charge is 2.32. The molecule has 0 atom stereocenters. The molecule has 0 bridgehead atoms. The average molecular weight is 507 g/mol. The lowest BCUT2D eigenvalue weighted by Crippen LogP contribution is -2.10. The van der Waals surface area contributed by atoms with Gasteiger partial charge in [0.2, 0.25) is 11.7 Å². The van der Waals surface area contributed by atoms with Crippen molar-refractivity contribution < 1.29 is 31.8 Å². The normalized spacial score (nSPS) is 14.2. The Kier molecular flexibility index (Phi) is 5.71. The average Bonchev–Trinajstić information content (AvgIpc) is 3.17. The van der Waals surface area contributed by atoms with E-state index in [1.165, 1.54) is 29.7 Å². The number of alkyl halides is 3. The number of ether oxygens (including phenoxy) is 2. The minimum Gasteiger partial charge on any atom is -0.488 e. The second-order valence-electron chi connectivity index (χ2n) is 8.35. The summed E-state index contributed by atoms with van der Waals surface area (Å²) in [5.41, 5.74) is 1.84. The van der Waals surface area contributed by atoms with Gasteiger partial charge in [-0.3, -0.25) is 9.20 Å². The summed E-state index contributed by atoms with van der Waals surface area (Å²) in [6, 6.07) is 12.6. The van der Waals surface area contributed by atoms with E-state index in [9.17, 15) is 27.6 Å². The van der Waals surface area contributed by atoms with Gasteiger partial charge in [-0.1, -0.05) is 12.1 Å². The van der Waals surface area contributed by atoms with Crippen molar-refractivity contribution in [3.8, 4) is 17.7 Å². The Balaban J connectivity index is 1.63. The van der Waals surface area contributed by atoms with Crippen LogP contribution < -0.4 is 9.47 Å². The van der Waals surface area contributed by atoms with Crippen molar-refractivity contribution in [1.82, 2.24) is 9.38 Å². The maximum absolute atomic E-state index is 13.9. The second-order valence-corrected chi connectivity index (χ2v) is 8.35. The topological polar surface area (TPSA) is 76.6 Å². The zero-order chi connectivity index (χ0) is 26.5. The van der Waals surface area contributed by atoms with E-state index in [0.717, 1.165) is 18.3 Å². The molecular weight excluding hydrogens is 490 g/mol. The van der Waals surface area contributed by atoms with Crippen molar-refractivity contribution in [1.29, 1.82) is 5.26 Å². The Morgan fingerprint density at radius 2 is 1.89 bits per heavy atom. The predicted molar refractivity (Wildman–Crippen MR) is 125 cm³/mol. The Bertz CT molecular complexity index is 1660. The highest BCUT2D eigenvalue weighted by molar-refractivity contribution is 6.10. The number of hydrogen-bond acceptors (Lipinski definition) is 5. The number of carbonyl (C=O) groups excluding carboxylic acids is 1. The van der Waals surface area contributed by atoms with E-state index in [1.807, 2.05) is 0 Å². The van der Waals surface area contributed by atoms with Crippen molar-refractivity contribution in [2.24, 2.45) is 0 Å². The molecule has 0 radical (unpaired) electrons. The van der Waals surface area contributed by atoms with Crippen LogP contribution in [0.1, 0.15) is 45.2 Å². The summed E-state index contributed by atoms with van der Waals surface area (Å²) in [6.45, 7) is 1.63. The molecule has 3 heterocycles. The third kappa shape index (κ3) is 4.08. The van der Waals surface area contributed by atoms with Gasteiger partial charge >= 0.3 is 6.18 Å². The van der Waals surface area contributed by atoms with Crippen LogP contribution in [-0.4, -0.2) is 22.3 Å². The number of imidazole rings is 1. The highest BCUT2D eigenvalue weighted by atomic mass is 19.4. The van der Waals surface area contributed by atoms with Crippen molar-refractivity contribution in [2.75, 3.05) is 7.11 Å². The number of nitrogens with zero attached hydrogens (tertiary/aromatic N) is 3. The van der Waals surface area contributed by atoms with Gasteiger partial charge in [0, 0.05) is 34.5 Å². The fraction of sp³-hybridized carbons (Fsp3) is 0.148. The third-order valence-corrected chi connectivity index (χ3v) is 6.11. The molecule has 1 aliphatic rings. The molecule has 5 rings (SSSR count). The number of fused-ring (bicyclic) bond motifs is 3. The van der Waals surface area contributed by atoms with E-state index in [0.29, 0.717) is 27.8 Å². The highest BCUT2D eigenvalue weighted by Crippen LogP contribution is 2.39. The van der Waals surface area contributed by atoms with E-state index in [1.54, 1.807) is 25.1 Å². The number of benzene rings is 2. The standard InChI is InChI=1S/C27H17F4N3O3/c1-14(12-32)23-19-5-3-15(9-16(19)13-37-21-11-18(28)4-6-20(21)23)25(35)24-26(36-2)33-22-10-17(27(29,30)31)7-8-34(22)24/h3-11H,13H2,1-2H3. The van der Waals surface area contributed by atoms with Crippen LogP contribution in [0.25, 0.3) is 11.2 Å². The molecule has 4 aromatic rings. The molecule has 10 heteroatoms. The summed E-state index contributed by atoms with van der Waals surface area (Å²) in [5.74, 6) is -0.901. The number of ketones is 1. The van der Waals surface area contributed by atoms with Crippen molar-refractivity contribution in [3.05, 3.63) is 99.6 Å². The summed E-state index contributed by atoms with van der Waals surface area (Å²) in [5, 5.41) is 9.61. The van der Waals surface area contributed by atoms with Crippen LogP contribution in [-0.2, 0) is 12.8 Å². The molecule has 0 amide bonds. The van der Waals surface area contributed by atoms with Gasteiger partial charge in [0.1, 0.15) is 23.8 Å². The van der Waals surface area contributed by atoms with E-state index in [2.05, 4.69) is 11.1 Å². The molecule has 0 saturated carbocycles. The van der Waals surface area contributed by atoms with Crippen LogP contribution in [0, 0.1) is 17.1 Å². The second kappa shape index (κ2) is 8.78. The molecule has 0 N–H and O–H groups in total. The van der Waals surface area contributed by atoms with Gasteiger partial charge in [-0.05, 0) is 48.4 Å². The molecule has 186 valence electrons. The monoisotopic (exact) mass is 507 g/mol. The van der Waals surface area contributed by atoms with Crippen molar-refractivity contribution >= 4 is 17.0 Å². The first-order valence-electron chi connectivity index (χ1n) is 11.0. The number of nitriles is 1. The van der Waals surface area contributed by atoms with Crippen LogP contribution in [0.15, 0.2) is 60.3 Å². The van der Waals surface area contributed by atoms with E-state index >= 15 is 0 Å². The summed E-state index contributed by atoms with van der Waals surface area (Å²) in [7, 11) is 1.27. The molecule has 2 aromatic carbocycles. The largest absolute Gasteiger partial charge is 0.488 e. The van der Waals surface area contributed by atoms with Crippen LogP contribution in [0.3, 0.4) is 0 Å². The zero-order valence-corrected chi connectivity index (χ0v) is 19.5. The lowest BCUT2D eigenvalue weighted by atomic mass is 9.89. The molecule has 37 heavy (non-hydrogen) atoms. The zero-order valence-electron chi connectivity index (χ0n) is 19.5. The van der Waals surface area contributed by atoms with E-state index < -0.39 is 23.3 Å². The minimum atomic E-state index is -4.57. The Morgan fingerprint density at radius 3 is 2.59 bits per heavy atom. The number of methoxy groups -OCH3 is 1. The van der Waals surface area contributed by atoms with Crippen LogP contribution >= 0.6 is 0 Å². The maximum Gasteiger partial charge on any atom is 0.416 e. The number of allylic oxidation sites excluding steroid dienone is 1. The SMILES string of the molecule is COc1nc2cc(C(F)(F)F)ccn2c1C(=O)c1ccc2c(c1)COc1cc(F)ccc1C2=C(C)C#N. The Morgan fingerprint density at radius 1 is 1.14 bits per heavy atom. The number of aromatic nitrogens is 2. The molecule has 2 aromatic heterocycles. The maximum atomic E-state index is 13.9. The molecule has 0 fully saturated rings. The van der Waals surface area contributed by atoms with Crippen LogP contribution in [0.5, 0.6) is 11.6 Å². The first kappa shape index (κ1) is 24.1. The van der Waals surface area contributed by atoms with Gasteiger partial charge in [0.25, 0.3) is 0 Å². The van der Waals surface area contributed by atoms with Crippen LogP contribution in [0.2, 0.25) is 0 Å². The predicted octanol–water partition coefficient (Wildman–Crippen LogP) is 5.97. The molecule has 0 spiro atoms. The summed E-state index contributed by atoms with van der Waals surface area (Å²) >= 11 is 0. The molecule has 6 nitrogen and oxygen atoms in total. The van der Waals surface area contributed by atoms with Gasteiger partial charge in [-0.15, -0.1) is 0 Å². The number of pyridine rings is 1. The van der Waals surface area contributed by atoms with Gasteiger partial charge in [-0.25, -0.2) is 4.39 Å². The molecule has 0 saturated heterocycles. The van der Waals surface area contributed by atoms with E-state index in [4.69, 9.17) is 9.47 Å². The summed E-state index contributed by atoms with van der Waals surface area (Å²) in [6.07, 6.45) is -3.45. The first-order chi connectivity index (χ1) is 17.6. The van der Waals surface area contributed by atoms with Crippen molar-refractivity contribution in [3.63, 3.8) is 0 Å². The molecular formula is C27H17F4N3O3. The fourth-order valence-corrected chi connectivity index (χ4v) is 4.37. The molecule has 1 aliphatic heterocycles. The van der Waals surface area contributed by atoms with Crippen molar-refractivity contribution in [2.45, 2.75) is 19.7 Å². The number of carbonyl (C=O) groups is 1. The van der Waals surface area contributed by atoms with Gasteiger partial charge < -0.3 is 9.47 Å². The molecule has 0 aliphatic carbocycles. The van der Waals surface area contributed by atoms with Gasteiger partial charge in [0.15, 0.2) is 5.69 Å². The quantitative estimate of drug-likeness (QED) is 0.194. The Hall–Kier alpha value is -4.65. The van der Waals surface area contributed by atoms with Gasteiger partial charge in [-0.2, -0.15) is 23.4 Å². The summed E-state index contributed by atoms with van der Waals surface area (Å²) in [4.78, 5) is 17.6. The first-order valence-corrected chi connectivity index (χ1v) is 11.0. The Labute approximate surface area is 208 Å².